The first-order valence-electron chi connectivity index (χ1n) is 6.04. The van der Waals surface area contributed by atoms with Crippen LogP contribution in [0.15, 0.2) is 42.5 Å². The topological polar surface area (TPSA) is 85.3 Å². The van der Waals surface area contributed by atoms with Crippen molar-refractivity contribution in [3.05, 3.63) is 44.7 Å². The number of nitrogen functional groups attached to an aromatic ring is 1. The molecule has 0 saturated carbocycles. The molecule has 0 aliphatic rings. The Kier molecular flexibility index (Phi) is 4.82. The minimum atomic E-state index is -3.78. The van der Waals surface area contributed by atoms with Crippen LogP contribution in [0.5, 0.6) is 0 Å². The number of halogens is 2. The normalized spacial score (nSPS) is 13.3. The number of nitrogens with one attached hydrogen (secondary N) is 1. The molecule has 1 heterocycles. The molecule has 3 N–H and O–H groups in total. The van der Waals surface area contributed by atoms with Gasteiger partial charge in [0.05, 0.1) is 11.7 Å². The van der Waals surface area contributed by atoms with Crippen LogP contribution in [-0.2, 0) is 10.0 Å². The summed E-state index contributed by atoms with van der Waals surface area (Å²) < 4.78 is 34.1. The van der Waals surface area contributed by atoms with E-state index in [0.29, 0.717) is 14.7 Å². The lowest BCUT2D eigenvalue weighted by atomic mass is 10.3. The maximum absolute atomic E-state index is 12.5. The van der Waals surface area contributed by atoms with E-state index in [2.05, 4.69) is 36.6 Å². The average molecular weight is 438 g/mol. The highest BCUT2D eigenvalue weighted by Gasteiger charge is 2.25. The molecule has 0 aliphatic carbocycles. The van der Waals surface area contributed by atoms with Gasteiger partial charge in [0.1, 0.15) is 16.4 Å². The second kappa shape index (κ2) is 6.12. The van der Waals surface area contributed by atoms with Crippen LogP contribution in [0, 0.1) is 6.92 Å². The highest BCUT2D eigenvalue weighted by molar-refractivity contribution is 9.11. The van der Waals surface area contributed by atoms with Crippen molar-refractivity contribution in [1.29, 1.82) is 0 Å². The quantitative estimate of drug-likeness (QED) is 0.713. The molecule has 0 spiro atoms. The standard InChI is InChI=1S/C13H14Br2N2O3S/c1-7-3-4-12(20-7)8(2)17-21(18,19)13-10(15)5-9(14)6-11(13)16/h3-6,8,17H,16H2,1-2H3. The molecule has 5 nitrogen and oxygen atoms in total. The van der Waals surface area contributed by atoms with Crippen LogP contribution >= 0.6 is 31.9 Å². The van der Waals surface area contributed by atoms with Crippen molar-refractivity contribution in [2.24, 2.45) is 0 Å². The maximum Gasteiger partial charge on any atom is 0.244 e. The summed E-state index contributed by atoms with van der Waals surface area (Å²) >= 11 is 6.50. The molecule has 0 bridgehead atoms. The summed E-state index contributed by atoms with van der Waals surface area (Å²) in [6.07, 6.45) is 0. The second-order valence-electron chi connectivity index (χ2n) is 4.60. The number of anilines is 1. The minimum Gasteiger partial charge on any atom is -0.465 e. The lowest BCUT2D eigenvalue weighted by Gasteiger charge is -2.15. The van der Waals surface area contributed by atoms with E-state index in [0.717, 1.165) is 5.76 Å². The van der Waals surface area contributed by atoms with Gasteiger partial charge in [-0.2, -0.15) is 0 Å². The van der Waals surface area contributed by atoms with Crippen molar-refractivity contribution in [1.82, 2.24) is 4.72 Å². The summed E-state index contributed by atoms with van der Waals surface area (Å²) in [4.78, 5) is 0.0147. The van der Waals surface area contributed by atoms with Gasteiger partial charge in [-0.3, -0.25) is 0 Å². The van der Waals surface area contributed by atoms with Gasteiger partial charge in [-0.25, -0.2) is 13.1 Å². The van der Waals surface area contributed by atoms with Crippen LogP contribution < -0.4 is 10.5 Å². The number of benzene rings is 1. The minimum absolute atomic E-state index is 0.0147. The molecule has 1 atom stereocenters. The molecule has 21 heavy (non-hydrogen) atoms. The number of sulfonamides is 1. The Balaban J connectivity index is 2.35. The number of hydrogen-bond donors (Lipinski definition) is 2. The summed E-state index contributed by atoms with van der Waals surface area (Å²) in [7, 11) is -3.78. The molecule has 2 rings (SSSR count). The molecule has 0 saturated heterocycles. The summed E-state index contributed by atoms with van der Waals surface area (Å²) in [5.74, 6) is 1.27. The zero-order valence-corrected chi connectivity index (χ0v) is 15.3. The molecule has 1 aromatic carbocycles. The first-order valence-corrected chi connectivity index (χ1v) is 9.11. The van der Waals surface area contributed by atoms with Crippen LogP contribution in [-0.4, -0.2) is 8.42 Å². The zero-order chi connectivity index (χ0) is 15.8. The van der Waals surface area contributed by atoms with Crippen molar-refractivity contribution in [3.8, 4) is 0 Å². The van der Waals surface area contributed by atoms with E-state index in [1.54, 1.807) is 38.1 Å². The van der Waals surface area contributed by atoms with Crippen LogP contribution in [0.4, 0.5) is 5.69 Å². The molecular weight excluding hydrogens is 424 g/mol. The number of nitrogens with two attached hydrogens (primary N) is 1. The largest absolute Gasteiger partial charge is 0.465 e. The molecule has 0 amide bonds. The van der Waals surface area contributed by atoms with Crippen molar-refractivity contribution in [2.75, 3.05) is 5.73 Å². The summed E-state index contributed by atoms with van der Waals surface area (Å²) in [6, 6.07) is 6.19. The Bertz CT molecular complexity index is 748. The average Bonchev–Trinajstić information content (AvgIpc) is 2.73. The van der Waals surface area contributed by atoms with Crippen molar-refractivity contribution in [2.45, 2.75) is 24.8 Å². The van der Waals surface area contributed by atoms with Crippen LogP contribution in [0.1, 0.15) is 24.5 Å². The smallest absolute Gasteiger partial charge is 0.244 e. The molecule has 0 aliphatic heterocycles. The predicted octanol–water partition coefficient (Wildman–Crippen LogP) is 3.73. The van der Waals surface area contributed by atoms with Crippen molar-refractivity contribution >= 4 is 47.6 Å². The van der Waals surface area contributed by atoms with E-state index in [1.807, 2.05) is 0 Å². The Morgan fingerprint density at radius 2 is 1.95 bits per heavy atom. The van der Waals surface area contributed by atoms with E-state index >= 15 is 0 Å². The van der Waals surface area contributed by atoms with E-state index < -0.39 is 16.1 Å². The van der Waals surface area contributed by atoms with Crippen LogP contribution in [0.25, 0.3) is 0 Å². The number of rotatable bonds is 4. The van der Waals surface area contributed by atoms with Crippen molar-refractivity contribution < 1.29 is 12.8 Å². The third-order valence-corrected chi connectivity index (χ3v) is 5.83. The fourth-order valence-electron chi connectivity index (χ4n) is 1.90. The number of furan rings is 1. The molecular formula is C13H14Br2N2O3S. The SMILES string of the molecule is Cc1ccc(C(C)NS(=O)(=O)c2c(N)cc(Br)cc2Br)o1. The van der Waals surface area contributed by atoms with E-state index in [1.165, 1.54) is 0 Å². The monoisotopic (exact) mass is 436 g/mol. The summed E-state index contributed by atoms with van der Waals surface area (Å²) in [5, 5.41) is 0. The van der Waals surface area contributed by atoms with Gasteiger partial charge in [-0.15, -0.1) is 0 Å². The molecule has 0 fully saturated rings. The molecule has 0 radical (unpaired) electrons. The van der Waals surface area contributed by atoms with E-state index in [-0.39, 0.29) is 10.6 Å². The van der Waals surface area contributed by atoms with Gasteiger partial charge in [0.25, 0.3) is 0 Å². The summed E-state index contributed by atoms with van der Waals surface area (Å²) in [6.45, 7) is 3.51. The first kappa shape index (κ1) is 16.5. The first-order chi connectivity index (χ1) is 9.70. The Morgan fingerprint density at radius 1 is 1.29 bits per heavy atom. The number of hydrogen-bond acceptors (Lipinski definition) is 4. The van der Waals surface area contributed by atoms with Gasteiger partial charge in [0.2, 0.25) is 10.0 Å². The molecule has 2 aromatic rings. The van der Waals surface area contributed by atoms with Gasteiger partial charge in [-0.1, -0.05) is 15.9 Å². The van der Waals surface area contributed by atoms with Crippen LogP contribution in [0.3, 0.4) is 0 Å². The molecule has 114 valence electrons. The van der Waals surface area contributed by atoms with Crippen LogP contribution in [0.2, 0.25) is 0 Å². The Hall–Kier alpha value is -0.830. The lowest BCUT2D eigenvalue weighted by molar-refractivity contribution is 0.441. The summed E-state index contributed by atoms with van der Waals surface area (Å²) in [5.41, 5.74) is 5.98. The van der Waals surface area contributed by atoms with Gasteiger partial charge in [-0.05, 0) is 54.0 Å². The second-order valence-corrected chi connectivity index (χ2v) is 8.02. The molecule has 8 heteroatoms. The highest BCUT2D eigenvalue weighted by atomic mass is 79.9. The zero-order valence-electron chi connectivity index (χ0n) is 11.4. The van der Waals surface area contributed by atoms with Gasteiger partial charge in [0, 0.05) is 8.95 Å². The Labute approximate surface area is 140 Å². The fraction of sp³-hybridized carbons (Fsp3) is 0.231. The van der Waals surface area contributed by atoms with Gasteiger partial charge < -0.3 is 10.2 Å². The maximum atomic E-state index is 12.5. The molecule has 1 aromatic heterocycles. The van der Waals surface area contributed by atoms with E-state index in [9.17, 15) is 8.42 Å². The predicted molar refractivity (Wildman–Crippen MR) is 88.4 cm³/mol. The third kappa shape index (κ3) is 3.68. The van der Waals surface area contributed by atoms with E-state index in [4.69, 9.17) is 10.2 Å². The highest BCUT2D eigenvalue weighted by Crippen LogP contribution is 2.32. The van der Waals surface area contributed by atoms with Crippen molar-refractivity contribution in [3.63, 3.8) is 0 Å². The Morgan fingerprint density at radius 3 is 2.48 bits per heavy atom. The van der Waals surface area contributed by atoms with Gasteiger partial charge in [0.15, 0.2) is 0 Å². The molecule has 1 unspecified atom stereocenters. The van der Waals surface area contributed by atoms with Gasteiger partial charge >= 0.3 is 0 Å². The lowest BCUT2D eigenvalue weighted by Crippen LogP contribution is -2.27. The third-order valence-electron chi connectivity index (χ3n) is 2.83. The number of aryl methyl sites for hydroxylation is 1. The fourth-order valence-corrected chi connectivity index (χ4v) is 5.18.